The van der Waals surface area contributed by atoms with Gasteiger partial charge in [0.25, 0.3) is 5.91 Å². The van der Waals surface area contributed by atoms with Gasteiger partial charge in [0.2, 0.25) is 0 Å². The molecule has 2 aromatic heterocycles. The average Bonchev–Trinajstić information content (AvgIpc) is 3.03. The summed E-state index contributed by atoms with van der Waals surface area (Å²) in [6.45, 7) is 2.55. The van der Waals surface area contributed by atoms with E-state index in [4.69, 9.17) is 5.73 Å². The number of carbonyl (C=O) groups excluding carboxylic acids is 1. The highest BCUT2D eigenvalue weighted by atomic mass is 35.5. The number of halogens is 2. The molecule has 1 aliphatic rings. The van der Waals surface area contributed by atoms with E-state index in [-0.39, 0.29) is 36.8 Å². The first-order valence-electron chi connectivity index (χ1n) is 7.40. The van der Waals surface area contributed by atoms with Crippen LogP contribution in [-0.2, 0) is 7.05 Å². The lowest BCUT2D eigenvalue weighted by Crippen LogP contribution is -2.39. The molecule has 0 aromatic carbocycles. The predicted molar refractivity (Wildman–Crippen MR) is 95.4 cm³/mol. The molecule has 128 valence electrons. The van der Waals surface area contributed by atoms with Crippen molar-refractivity contribution in [3.8, 4) is 0 Å². The molecular formula is C15H23Cl2N5O. The second-order valence-electron chi connectivity index (χ2n) is 5.81. The summed E-state index contributed by atoms with van der Waals surface area (Å²) in [5.74, 6) is 0.323. The molecule has 0 radical (unpaired) electrons. The van der Waals surface area contributed by atoms with Crippen LogP contribution < -0.4 is 11.1 Å². The van der Waals surface area contributed by atoms with Gasteiger partial charge in [-0.25, -0.2) is 4.98 Å². The van der Waals surface area contributed by atoms with Crippen molar-refractivity contribution in [2.75, 3.05) is 6.54 Å². The number of aromatic nitrogens is 3. The molecule has 6 nitrogen and oxygen atoms in total. The van der Waals surface area contributed by atoms with E-state index in [1.165, 1.54) is 0 Å². The number of nitrogens with two attached hydrogens (primary N) is 1. The summed E-state index contributed by atoms with van der Waals surface area (Å²) in [6.07, 6.45) is 4.85. The quantitative estimate of drug-likeness (QED) is 0.876. The number of nitrogens with one attached hydrogen (secondary N) is 1. The number of hydrogen-bond acceptors (Lipinski definition) is 4. The van der Waals surface area contributed by atoms with E-state index in [1.54, 1.807) is 10.9 Å². The van der Waals surface area contributed by atoms with Crippen molar-refractivity contribution in [2.45, 2.75) is 32.2 Å². The maximum absolute atomic E-state index is 12.4. The Bertz CT molecular complexity index is 688. The summed E-state index contributed by atoms with van der Waals surface area (Å²) in [5.41, 5.74) is 8.03. The van der Waals surface area contributed by atoms with E-state index in [1.807, 2.05) is 20.0 Å². The zero-order valence-corrected chi connectivity index (χ0v) is 14.9. The Morgan fingerprint density at radius 2 is 2.17 bits per heavy atom. The average molecular weight is 360 g/mol. The Morgan fingerprint density at radius 3 is 2.87 bits per heavy atom. The second kappa shape index (κ2) is 7.95. The number of hydrogen-bond donors (Lipinski definition) is 2. The zero-order chi connectivity index (χ0) is 15.0. The molecule has 2 heterocycles. The maximum Gasteiger partial charge on any atom is 0.253 e. The monoisotopic (exact) mass is 359 g/mol. The molecule has 2 aromatic rings. The van der Waals surface area contributed by atoms with Gasteiger partial charge < -0.3 is 11.1 Å². The summed E-state index contributed by atoms with van der Waals surface area (Å²) in [7, 11) is 1.85. The Hall–Kier alpha value is -1.37. The van der Waals surface area contributed by atoms with E-state index in [0.717, 1.165) is 36.0 Å². The predicted octanol–water partition coefficient (Wildman–Crippen LogP) is 1.98. The summed E-state index contributed by atoms with van der Waals surface area (Å²) in [4.78, 5) is 16.8. The Balaban J connectivity index is 0.00000132. The van der Waals surface area contributed by atoms with E-state index in [9.17, 15) is 4.79 Å². The highest BCUT2D eigenvalue weighted by Crippen LogP contribution is 2.25. The first-order chi connectivity index (χ1) is 10.1. The highest BCUT2D eigenvalue weighted by molar-refractivity contribution is 5.97. The van der Waals surface area contributed by atoms with Crippen LogP contribution in [0.4, 0.5) is 0 Å². The molecule has 1 amide bonds. The van der Waals surface area contributed by atoms with Crippen LogP contribution >= 0.6 is 24.8 Å². The Kier molecular flexibility index (Phi) is 6.80. The Labute approximate surface area is 148 Å². The number of amides is 1. The number of fused-ring (bicyclic) bond motifs is 1. The van der Waals surface area contributed by atoms with E-state index in [0.29, 0.717) is 18.0 Å². The molecule has 2 atom stereocenters. The largest absolute Gasteiger partial charge is 0.349 e. The summed E-state index contributed by atoms with van der Waals surface area (Å²) < 4.78 is 1.73. The minimum atomic E-state index is -0.0713. The fraction of sp³-hybridized carbons (Fsp3) is 0.533. The fourth-order valence-corrected chi connectivity index (χ4v) is 3.19. The number of nitrogens with zero attached hydrogens (tertiary/aromatic N) is 3. The molecule has 23 heavy (non-hydrogen) atoms. The van der Waals surface area contributed by atoms with Gasteiger partial charge in [-0.3, -0.25) is 9.48 Å². The molecule has 0 spiro atoms. The molecule has 1 saturated carbocycles. The minimum Gasteiger partial charge on any atom is -0.349 e. The number of carbonyl (C=O) groups is 1. The smallest absolute Gasteiger partial charge is 0.253 e. The van der Waals surface area contributed by atoms with Crippen molar-refractivity contribution in [1.82, 2.24) is 20.1 Å². The summed E-state index contributed by atoms with van der Waals surface area (Å²) in [6, 6.07) is 2.06. The van der Waals surface area contributed by atoms with Crippen LogP contribution in [0.5, 0.6) is 0 Å². The van der Waals surface area contributed by atoms with Gasteiger partial charge in [-0.1, -0.05) is 6.42 Å². The highest BCUT2D eigenvalue weighted by Gasteiger charge is 2.27. The molecule has 3 N–H and O–H groups in total. The third kappa shape index (κ3) is 3.76. The molecule has 0 bridgehead atoms. The van der Waals surface area contributed by atoms with Crippen LogP contribution in [-0.4, -0.2) is 33.3 Å². The van der Waals surface area contributed by atoms with Crippen LogP contribution in [0.15, 0.2) is 12.3 Å². The fourth-order valence-electron chi connectivity index (χ4n) is 3.19. The lowest BCUT2D eigenvalue weighted by atomic mass is 10.0. The van der Waals surface area contributed by atoms with Gasteiger partial charge in [-0.2, -0.15) is 5.10 Å². The lowest BCUT2D eigenvalue weighted by Gasteiger charge is -2.19. The van der Waals surface area contributed by atoms with Gasteiger partial charge in [0.05, 0.1) is 11.3 Å². The van der Waals surface area contributed by atoms with E-state index >= 15 is 0 Å². The second-order valence-corrected chi connectivity index (χ2v) is 5.81. The molecule has 0 saturated heterocycles. The van der Waals surface area contributed by atoms with Gasteiger partial charge >= 0.3 is 0 Å². The van der Waals surface area contributed by atoms with Crippen LogP contribution in [0.25, 0.3) is 11.0 Å². The van der Waals surface area contributed by atoms with Crippen molar-refractivity contribution in [1.29, 1.82) is 0 Å². The summed E-state index contributed by atoms with van der Waals surface area (Å²) in [5, 5.41) is 8.35. The standard InChI is InChI=1S/C15H21N5O.2ClH/c1-9-12-6-11(8-17-14(12)20(2)19-9)15(21)18-13-5-3-4-10(13)7-16;;/h6,8,10,13H,3-5,7,16H2,1-2H3,(H,18,21);2*1H. The van der Waals surface area contributed by atoms with E-state index in [2.05, 4.69) is 15.4 Å². The third-order valence-corrected chi connectivity index (χ3v) is 4.40. The van der Waals surface area contributed by atoms with Gasteiger partial charge in [0.15, 0.2) is 5.65 Å². The number of aryl methyl sites for hydroxylation is 2. The van der Waals surface area contributed by atoms with Crippen LogP contribution in [0.1, 0.15) is 35.3 Å². The van der Waals surface area contributed by atoms with Crippen molar-refractivity contribution < 1.29 is 4.79 Å². The normalized spacial score (nSPS) is 20.0. The molecule has 2 unspecified atom stereocenters. The van der Waals surface area contributed by atoms with Crippen LogP contribution in [0.2, 0.25) is 0 Å². The van der Waals surface area contributed by atoms with Gasteiger partial charge in [0.1, 0.15) is 0 Å². The lowest BCUT2D eigenvalue weighted by molar-refractivity contribution is 0.0928. The minimum absolute atomic E-state index is 0. The maximum atomic E-state index is 12.4. The molecule has 8 heteroatoms. The first kappa shape index (κ1) is 19.7. The van der Waals surface area contributed by atoms with Crippen molar-refractivity contribution in [3.05, 3.63) is 23.5 Å². The third-order valence-electron chi connectivity index (χ3n) is 4.40. The Morgan fingerprint density at radius 1 is 1.43 bits per heavy atom. The molecule has 1 fully saturated rings. The van der Waals surface area contributed by atoms with Crippen molar-refractivity contribution in [3.63, 3.8) is 0 Å². The van der Waals surface area contributed by atoms with Gasteiger partial charge in [-0.15, -0.1) is 24.8 Å². The van der Waals surface area contributed by atoms with Crippen molar-refractivity contribution in [2.24, 2.45) is 18.7 Å². The zero-order valence-electron chi connectivity index (χ0n) is 13.3. The van der Waals surface area contributed by atoms with E-state index < -0.39 is 0 Å². The topological polar surface area (TPSA) is 85.8 Å². The molecular weight excluding hydrogens is 337 g/mol. The van der Waals surface area contributed by atoms with Crippen LogP contribution in [0.3, 0.4) is 0 Å². The van der Waals surface area contributed by atoms with Gasteiger partial charge in [0, 0.05) is 24.7 Å². The van der Waals surface area contributed by atoms with Crippen molar-refractivity contribution >= 4 is 41.8 Å². The molecule has 0 aliphatic heterocycles. The first-order valence-corrected chi connectivity index (χ1v) is 7.40. The SMILES string of the molecule is Cc1nn(C)c2ncc(C(=O)NC3CCCC3CN)cc12.Cl.Cl. The number of rotatable bonds is 3. The number of pyridine rings is 1. The van der Waals surface area contributed by atoms with Gasteiger partial charge in [-0.05, 0) is 38.3 Å². The molecule has 1 aliphatic carbocycles. The van der Waals surface area contributed by atoms with Crippen LogP contribution in [0, 0.1) is 12.8 Å². The molecule has 3 rings (SSSR count). The summed E-state index contributed by atoms with van der Waals surface area (Å²) >= 11 is 0.